The fourth-order valence-corrected chi connectivity index (χ4v) is 2.17. The van der Waals surface area contributed by atoms with E-state index in [2.05, 4.69) is 4.99 Å². The molecule has 2 amide bonds. The van der Waals surface area contributed by atoms with Gasteiger partial charge in [0.05, 0.1) is 6.34 Å². The molecule has 2 rings (SSSR count). The lowest BCUT2D eigenvalue weighted by molar-refractivity contribution is -0.144. The van der Waals surface area contributed by atoms with Crippen LogP contribution in [-0.4, -0.2) is 42.0 Å². The first-order chi connectivity index (χ1) is 11.6. The van der Waals surface area contributed by atoms with Crippen LogP contribution in [-0.2, 0) is 22.7 Å². The van der Waals surface area contributed by atoms with Gasteiger partial charge < -0.3 is 9.80 Å². The van der Waals surface area contributed by atoms with Gasteiger partial charge >= 0.3 is 11.8 Å². The average Bonchev–Trinajstić information content (AvgIpc) is 2.60. The maximum absolute atomic E-state index is 12.5. The van der Waals surface area contributed by atoms with Crippen molar-refractivity contribution in [2.45, 2.75) is 13.1 Å². The predicted molar refractivity (Wildman–Crippen MR) is 94.3 cm³/mol. The van der Waals surface area contributed by atoms with Crippen molar-refractivity contribution in [2.75, 3.05) is 14.1 Å². The molecule has 0 aliphatic heterocycles. The third-order valence-electron chi connectivity index (χ3n) is 3.31. The third kappa shape index (κ3) is 5.35. The number of benzene rings is 2. The Labute approximate surface area is 142 Å². The minimum absolute atomic E-state index is 0.359. The highest BCUT2D eigenvalue weighted by molar-refractivity contribution is 6.36. The molecule has 0 fully saturated rings. The maximum Gasteiger partial charge on any atom is 0.336 e. The smallest absolute Gasteiger partial charge is 0.336 e. The fourth-order valence-electron chi connectivity index (χ4n) is 2.17. The van der Waals surface area contributed by atoms with E-state index < -0.39 is 11.8 Å². The molecule has 124 valence electrons. The molecule has 0 spiro atoms. The Kier molecular flexibility index (Phi) is 6.25. The van der Waals surface area contributed by atoms with Crippen molar-refractivity contribution in [3.05, 3.63) is 71.8 Å². The summed E-state index contributed by atoms with van der Waals surface area (Å²) >= 11 is 0. The van der Waals surface area contributed by atoms with Crippen molar-refractivity contribution in [1.82, 2.24) is 9.80 Å². The van der Waals surface area contributed by atoms with Gasteiger partial charge in [-0.3, -0.25) is 9.59 Å². The summed E-state index contributed by atoms with van der Waals surface area (Å²) < 4.78 is 0. The van der Waals surface area contributed by atoms with E-state index in [-0.39, 0.29) is 0 Å². The molecule has 5 heteroatoms. The zero-order chi connectivity index (χ0) is 17.4. The zero-order valence-corrected chi connectivity index (χ0v) is 13.9. The molecule has 0 aromatic heterocycles. The van der Waals surface area contributed by atoms with E-state index in [1.165, 1.54) is 11.2 Å². The molecule has 0 atom stereocenters. The van der Waals surface area contributed by atoms with Gasteiger partial charge in [-0.15, -0.1) is 0 Å². The zero-order valence-electron chi connectivity index (χ0n) is 13.9. The number of carbonyl (C=O) groups is 2. The molecule has 24 heavy (non-hydrogen) atoms. The summed E-state index contributed by atoms with van der Waals surface area (Å²) in [4.78, 5) is 31.4. The lowest BCUT2D eigenvalue weighted by Gasteiger charge is -2.21. The standard InChI is InChI=1S/C19H21N3O2/c1-21(2)15-20-18(23)19(24)22(13-16-9-5-3-6-10-16)14-17-11-7-4-8-12-17/h3-12,15H,13-14H2,1-2H3. The van der Waals surface area contributed by atoms with Gasteiger partial charge in [0.2, 0.25) is 0 Å². The summed E-state index contributed by atoms with van der Waals surface area (Å²) in [5.41, 5.74) is 1.93. The second-order valence-corrected chi connectivity index (χ2v) is 5.65. The maximum atomic E-state index is 12.5. The molecular weight excluding hydrogens is 302 g/mol. The van der Waals surface area contributed by atoms with Crippen LogP contribution in [0.3, 0.4) is 0 Å². The molecule has 0 saturated carbocycles. The first-order valence-corrected chi connectivity index (χ1v) is 7.68. The summed E-state index contributed by atoms with van der Waals surface area (Å²) in [5.74, 6) is -1.38. The van der Waals surface area contributed by atoms with Gasteiger partial charge in [0.25, 0.3) is 0 Å². The number of nitrogens with zero attached hydrogens (tertiary/aromatic N) is 3. The molecular formula is C19H21N3O2. The van der Waals surface area contributed by atoms with Crippen LogP contribution >= 0.6 is 0 Å². The van der Waals surface area contributed by atoms with E-state index in [0.29, 0.717) is 13.1 Å². The van der Waals surface area contributed by atoms with Gasteiger partial charge in [0.15, 0.2) is 0 Å². The van der Waals surface area contributed by atoms with E-state index in [0.717, 1.165) is 11.1 Å². The molecule has 0 radical (unpaired) electrons. The summed E-state index contributed by atoms with van der Waals surface area (Å²) in [6.07, 6.45) is 1.34. The minimum atomic E-state index is -0.768. The Morgan fingerprint density at radius 1 is 0.875 bits per heavy atom. The first kappa shape index (κ1) is 17.4. The summed E-state index contributed by atoms with van der Waals surface area (Å²) in [5, 5.41) is 0. The second kappa shape index (κ2) is 8.62. The monoisotopic (exact) mass is 323 g/mol. The Morgan fingerprint density at radius 2 is 1.33 bits per heavy atom. The lowest BCUT2D eigenvalue weighted by atomic mass is 10.1. The van der Waals surface area contributed by atoms with Crippen LogP contribution in [0.15, 0.2) is 65.7 Å². The molecule has 0 heterocycles. The predicted octanol–water partition coefficient (Wildman–Crippen LogP) is 2.33. The van der Waals surface area contributed by atoms with E-state index in [9.17, 15) is 9.59 Å². The normalized spacial score (nSPS) is 10.6. The first-order valence-electron chi connectivity index (χ1n) is 7.68. The van der Waals surface area contributed by atoms with Crippen LogP contribution in [0.1, 0.15) is 11.1 Å². The van der Waals surface area contributed by atoms with Crippen molar-refractivity contribution >= 4 is 18.2 Å². The molecule has 0 aliphatic rings. The van der Waals surface area contributed by atoms with Crippen LogP contribution in [0, 0.1) is 0 Å². The van der Waals surface area contributed by atoms with Crippen LogP contribution in [0.5, 0.6) is 0 Å². The van der Waals surface area contributed by atoms with E-state index in [1.807, 2.05) is 60.7 Å². The number of carbonyl (C=O) groups excluding carboxylic acids is 2. The number of aliphatic imine (C=N–C) groups is 1. The highest BCUT2D eigenvalue weighted by atomic mass is 16.2. The Morgan fingerprint density at radius 3 is 1.75 bits per heavy atom. The summed E-state index contributed by atoms with van der Waals surface area (Å²) in [6, 6.07) is 19.2. The van der Waals surface area contributed by atoms with Gasteiger partial charge in [0.1, 0.15) is 0 Å². The minimum Gasteiger partial charge on any atom is -0.369 e. The number of hydrogen-bond acceptors (Lipinski definition) is 2. The van der Waals surface area contributed by atoms with Crippen molar-refractivity contribution in [3.8, 4) is 0 Å². The van der Waals surface area contributed by atoms with Gasteiger partial charge in [-0.1, -0.05) is 60.7 Å². The van der Waals surface area contributed by atoms with Gasteiger partial charge in [-0.05, 0) is 11.1 Å². The van der Waals surface area contributed by atoms with Crippen molar-refractivity contribution < 1.29 is 9.59 Å². The molecule has 0 aliphatic carbocycles. The quantitative estimate of drug-likeness (QED) is 0.482. The molecule has 5 nitrogen and oxygen atoms in total. The number of rotatable bonds is 5. The van der Waals surface area contributed by atoms with Gasteiger partial charge in [-0.2, -0.15) is 4.99 Å². The summed E-state index contributed by atoms with van der Waals surface area (Å²) in [7, 11) is 3.49. The molecule has 0 N–H and O–H groups in total. The SMILES string of the molecule is CN(C)C=NC(=O)C(=O)N(Cc1ccccc1)Cc1ccccc1. The lowest BCUT2D eigenvalue weighted by Crippen LogP contribution is -2.35. The largest absolute Gasteiger partial charge is 0.369 e. The van der Waals surface area contributed by atoms with Crippen LogP contribution in [0.25, 0.3) is 0 Å². The topological polar surface area (TPSA) is 53.0 Å². The highest BCUT2D eigenvalue weighted by Gasteiger charge is 2.21. The van der Waals surface area contributed by atoms with Gasteiger partial charge in [-0.25, -0.2) is 0 Å². The van der Waals surface area contributed by atoms with Crippen LogP contribution < -0.4 is 0 Å². The average molecular weight is 323 g/mol. The van der Waals surface area contributed by atoms with Crippen LogP contribution in [0.2, 0.25) is 0 Å². The van der Waals surface area contributed by atoms with Crippen molar-refractivity contribution in [2.24, 2.45) is 4.99 Å². The molecule has 2 aromatic rings. The summed E-state index contributed by atoms with van der Waals surface area (Å²) in [6.45, 7) is 0.718. The highest BCUT2D eigenvalue weighted by Crippen LogP contribution is 2.11. The Hall–Kier alpha value is -2.95. The Balaban J connectivity index is 2.18. The molecule has 0 saturated heterocycles. The number of hydrogen-bond donors (Lipinski definition) is 0. The van der Waals surface area contributed by atoms with Crippen molar-refractivity contribution in [3.63, 3.8) is 0 Å². The third-order valence-corrected chi connectivity index (χ3v) is 3.31. The molecule has 0 bridgehead atoms. The number of amides is 2. The van der Waals surface area contributed by atoms with E-state index >= 15 is 0 Å². The fraction of sp³-hybridized carbons (Fsp3) is 0.211. The van der Waals surface area contributed by atoms with E-state index in [1.54, 1.807) is 19.0 Å². The molecule has 0 unspecified atom stereocenters. The second-order valence-electron chi connectivity index (χ2n) is 5.65. The van der Waals surface area contributed by atoms with Crippen LogP contribution in [0.4, 0.5) is 0 Å². The van der Waals surface area contributed by atoms with E-state index in [4.69, 9.17) is 0 Å². The van der Waals surface area contributed by atoms with Crippen molar-refractivity contribution in [1.29, 1.82) is 0 Å². The molecule has 2 aromatic carbocycles. The Bertz CT molecular complexity index is 656. The van der Waals surface area contributed by atoms with Gasteiger partial charge in [0, 0.05) is 27.2 Å².